The predicted molar refractivity (Wildman–Crippen MR) is 83.7 cm³/mol. The molecule has 2 aromatic rings. The van der Waals surface area contributed by atoms with E-state index < -0.39 is 10.0 Å². The number of thiophene rings is 1. The van der Waals surface area contributed by atoms with Gasteiger partial charge in [0.15, 0.2) is 0 Å². The lowest BCUT2D eigenvalue weighted by Gasteiger charge is -2.13. The highest BCUT2D eigenvalue weighted by molar-refractivity contribution is 7.89. The molecule has 1 aromatic heterocycles. The van der Waals surface area contributed by atoms with Gasteiger partial charge in [0, 0.05) is 11.4 Å². The fraction of sp³-hybridized carbons (Fsp3) is 0.231. The van der Waals surface area contributed by atoms with Gasteiger partial charge in [0.1, 0.15) is 4.90 Å². The number of halogens is 1. The summed E-state index contributed by atoms with van der Waals surface area (Å²) in [5, 5.41) is 0. The van der Waals surface area contributed by atoms with Crippen molar-refractivity contribution in [3.05, 3.63) is 44.6 Å². The zero-order valence-electron chi connectivity index (χ0n) is 11.1. The molecule has 108 valence electrons. The van der Waals surface area contributed by atoms with Gasteiger partial charge in [-0.15, -0.1) is 11.3 Å². The topological polar surface area (TPSA) is 72.2 Å². The molecule has 3 N–H and O–H groups in total. The molecule has 1 heterocycles. The van der Waals surface area contributed by atoms with Crippen molar-refractivity contribution in [1.82, 2.24) is 4.72 Å². The highest BCUT2D eigenvalue weighted by Crippen LogP contribution is 2.26. The maximum absolute atomic E-state index is 12.4. The number of anilines is 1. The summed E-state index contributed by atoms with van der Waals surface area (Å²) in [5.74, 6) is 0. The molecule has 0 aliphatic rings. The Hall–Kier alpha value is -1.08. The largest absolute Gasteiger partial charge is 0.398 e. The summed E-state index contributed by atoms with van der Waals surface area (Å²) >= 11 is 7.16. The summed E-state index contributed by atoms with van der Waals surface area (Å²) < 4.78 is 28.0. The summed E-state index contributed by atoms with van der Waals surface area (Å²) in [7, 11) is -3.64. The van der Waals surface area contributed by atoms with Crippen LogP contribution in [0.1, 0.15) is 16.0 Å². The average Bonchev–Trinajstić information content (AvgIpc) is 2.78. The van der Waals surface area contributed by atoms with Crippen molar-refractivity contribution in [3.63, 3.8) is 0 Å². The molecule has 0 aliphatic carbocycles. The number of nitrogens with one attached hydrogen (secondary N) is 1. The lowest BCUT2D eigenvalue weighted by atomic mass is 10.1. The Morgan fingerprint density at radius 1 is 1.25 bits per heavy atom. The minimum absolute atomic E-state index is 0.153. The van der Waals surface area contributed by atoms with Gasteiger partial charge in [-0.25, -0.2) is 13.1 Å². The Morgan fingerprint density at radius 2 is 1.95 bits per heavy atom. The first-order valence-electron chi connectivity index (χ1n) is 5.91. The SMILES string of the molecule is Cc1ccc(N)c(S(=O)(=O)NCc2ccc(Cl)s2)c1C. The van der Waals surface area contributed by atoms with Crippen LogP contribution >= 0.6 is 22.9 Å². The van der Waals surface area contributed by atoms with E-state index in [1.165, 1.54) is 11.3 Å². The summed E-state index contributed by atoms with van der Waals surface area (Å²) in [6.07, 6.45) is 0. The number of sulfonamides is 1. The highest BCUT2D eigenvalue weighted by Gasteiger charge is 2.21. The number of benzene rings is 1. The second-order valence-corrected chi connectivity index (χ2v) is 7.96. The van der Waals surface area contributed by atoms with Crippen molar-refractivity contribution in [2.24, 2.45) is 0 Å². The summed E-state index contributed by atoms with van der Waals surface area (Å²) in [5.41, 5.74) is 7.62. The molecule has 0 bridgehead atoms. The van der Waals surface area contributed by atoms with Crippen molar-refractivity contribution in [2.75, 3.05) is 5.73 Å². The summed E-state index contributed by atoms with van der Waals surface area (Å²) in [6, 6.07) is 6.95. The Labute approximate surface area is 127 Å². The van der Waals surface area contributed by atoms with E-state index in [0.29, 0.717) is 9.90 Å². The van der Waals surface area contributed by atoms with Crippen LogP contribution in [0.15, 0.2) is 29.2 Å². The molecule has 2 rings (SSSR count). The first-order valence-corrected chi connectivity index (χ1v) is 8.58. The molecule has 4 nitrogen and oxygen atoms in total. The summed E-state index contributed by atoms with van der Waals surface area (Å²) in [4.78, 5) is 1.00. The fourth-order valence-corrected chi connectivity index (χ4v) is 4.40. The van der Waals surface area contributed by atoms with Gasteiger partial charge in [0.05, 0.1) is 10.0 Å². The number of aryl methyl sites for hydroxylation is 1. The predicted octanol–water partition coefficient (Wildman–Crippen LogP) is 3.08. The van der Waals surface area contributed by atoms with Crippen molar-refractivity contribution >= 4 is 38.6 Å². The van der Waals surface area contributed by atoms with E-state index >= 15 is 0 Å². The molecule has 1 aromatic carbocycles. The van der Waals surface area contributed by atoms with Gasteiger partial charge in [0.25, 0.3) is 0 Å². The molecule has 0 radical (unpaired) electrons. The van der Waals surface area contributed by atoms with Gasteiger partial charge in [-0.2, -0.15) is 0 Å². The molecule has 0 fully saturated rings. The van der Waals surface area contributed by atoms with Gasteiger partial charge in [0.2, 0.25) is 10.0 Å². The monoisotopic (exact) mass is 330 g/mol. The standard InChI is InChI=1S/C13H15ClN2O2S2/c1-8-3-5-11(15)13(9(8)2)20(17,18)16-7-10-4-6-12(14)19-10/h3-6,16H,7,15H2,1-2H3. The van der Waals surface area contributed by atoms with Crippen molar-refractivity contribution in [1.29, 1.82) is 0 Å². The second-order valence-electron chi connectivity index (χ2n) is 4.46. The molecule has 7 heteroatoms. The molecule has 0 spiro atoms. The van der Waals surface area contributed by atoms with E-state index in [2.05, 4.69) is 4.72 Å². The Bertz CT molecular complexity index is 739. The third-order valence-electron chi connectivity index (χ3n) is 3.04. The Kier molecular flexibility index (Phi) is 4.39. The lowest BCUT2D eigenvalue weighted by Crippen LogP contribution is -2.24. The average molecular weight is 331 g/mol. The normalized spacial score (nSPS) is 11.8. The maximum atomic E-state index is 12.4. The van der Waals surface area contributed by atoms with Crippen LogP contribution in [0.3, 0.4) is 0 Å². The smallest absolute Gasteiger partial charge is 0.243 e. The van der Waals surface area contributed by atoms with Crippen LogP contribution in [0.4, 0.5) is 5.69 Å². The molecule has 0 unspecified atom stereocenters. The van der Waals surface area contributed by atoms with Crippen LogP contribution in [-0.4, -0.2) is 8.42 Å². The number of rotatable bonds is 4. The van der Waals surface area contributed by atoms with Gasteiger partial charge in [-0.1, -0.05) is 17.7 Å². The first-order chi connectivity index (χ1) is 9.31. The molecule has 0 atom stereocenters. The zero-order chi connectivity index (χ0) is 14.9. The Morgan fingerprint density at radius 3 is 2.55 bits per heavy atom. The third kappa shape index (κ3) is 3.15. The number of nitrogen functional groups attached to an aromatic ring is 1. The van der Waals surface area contributed by atoms with Crippen molar-refractivity contribution in [3.8, 4) is 0 Å². The number of nitrogens with two attached hydrogens (primary N) is 1. The lowest BCUT2D eigenvalue weighted by molar-refractivity contribution is 0.581. The van der Waals surface area contributed by atoms with Crippen LogP contribution in [0.5, 0.6) is 0 Å². The van der Waals surface area contributed by atoms with Gasteiger partial charge >= 0.3 is 0 Å². The zero-order valence-corrected chi connectivity index (χ0v) is 13.5. The first kappa shape index (κ1) is 15.3. The van der Waals surface area contributed by atoms with E-state index in [1.807, 2.05) is 13.0 Å². The van der Waals surface area contributed by atoms with E-state index in [0.717, 1.165) is 10.4 Å². The molecule has 0 saturated carbocycles. The fourth-order valence-electron chi connectivity index (χ4n) is 1.85. The van der Waals surface area contributed by atoms with Crippen LogP contribution in [0.25, 0.3) is 0 Å². The molecular formula is C13H15ClN2O2S2. The van der Waals surface area contributed by atoms with E-state index in [9.17, 15) is 8.42 Å². The van der Waals surface area contributed by atoms with Crippen LogP contribution < -0.4 is 10.5 Å². The van der Waals surface area contributed by atoms with Crippen LogP contribution in [0.2, 0.25) is 4.34 Å². The van der Waals surface area contributed by atoms with Crippen molar-refractivity contribution < 1.29 is 8.42 Å². The molecule has 0 saturated heterocycles. The van der Waals surface area contributed by atoms with Gasteiger partial charge in [-0.3, -0.25) is 0 Å². The van der Waals surface area contributed by atoms with Crippen molar-refractivity contribution in [2.45, 2.75) is 25.3 Å². The third-order valence-corrected chi connectivity index (χ3v) is 5.88. The highest BCUT2D eigenvalue weighted by atomic mass is 35.5. The van der Waals surface area contributed by atoms with E-state index in [1.54, 1.807) is 25.1 Å². The van der Waals surface area contributed by atoms with E-state index in [-0.39, 0.29) is 17.1 Å². The molecule has 20 heavy (non-hydrogen) atoms. The number of hydrogen-bond acceptors (Lipinski definition) is 4. The minimum Gasteiger partial charge on any atom is -0.398 e. The second kappa shape index (κ2) is 5.73. The number of hydrogen-bond donors (Lipinski definition) is 2. The van der Waals surface area contributed by atoms with E-state index in [4.69, 9.17) is 17.3 Å². The van der Waals surface area contributed by atoms with Gasteiger partial charge in [-0.05, 0) is 43.2 Å². The quantitative estimate of drug-likeness (QED) is 0.846. The summed E-state index contributed by atoms with van der Waals surface area (Å²) in [6.45, 7) is 3.81. The minimum atomic E-state index is -3.64. The van der Waals surface area contributed by atoms with Crippen LogP contribution in [-0.2, 0) is 16.6 Å². The van der Waals surface area contributed by atoms with Gasteiger partial charge < -0.3 is 5.73 Å². The molecular weight excluding hydrogens is 316 g/mol. The molecule has 0 aliphatic heterocycles. The Balaban J connectivity index is 2.29. The maximum Gasteiger partial charge on any atom is 0.243 e. The van der Waals surface area contributed by atoms with Crippen LogP contribution in [0, 0.1) is 13.8 Å². The molecule has 0 amide bonds.